The number of rotatable bonds is 1. The minimum atomic E-state index is -2.41. The summed E-state index contributed by atoms with van der Waals surface area (Å²) in [4.78, 5) is 4.26. The van der Waals surface area contributed by atoms with Crippen molar-refractivity contribution in [2.45, 2.75) is 0 Å². The Bertz CT molecular complexity index is 685. The maximum absolute atomic E-state index is 12.6. The van der Waals surface area contributed by atoms with Gasteiger partial charge in [0.15, 0.2) is 0 Å². The van der Waals surface area contributed by atoms with Gasteiger partial charge < -0.3 is 5.73 Å². The first-order valence-corrected chi connectivity index (χ1v) is 8.79. The summed E-state index contributed by atoms with van der Waals surface area (Å²) in [6, 6.07) is 7.12. The number of halogens is 3. The van der Waals surface area contributed by atoms with Crippen LogP contribution in [-0.2, 0) is 9.52 Å². The Kier molecular flexibility index (Phi) is 3.92. The lowest BCUT2D eigenvalue weighted by molar-refractivity contribution is 0.689. The van der Waals surface area contributed by atoms with Crippen LogP contribution >= 0.6 is 43.5 Å². The average Bonchev–Trinajstić information content (AvgIpc) is 2.33. The van der Waals surface area contributed by atoms with Crippen LogP contribution in [0.3, 0.4) is 0 Å². The molecule has 0 amide bonds. The predicted molar refractivity (Wildman–Crippen MR) is 86.9 cm³/mol. The molecule has 0 aliphatic carbocycles. The molecule has 0 spiro atoms. The van der Waals surface area contributed by atoms with Gasteiger partial charge in [0.2, 0.25) is 0 Å². The first-order valence-electron chi connectivity index (χ1n) is 4.86. The lowest BCUT2D eigenvalue weighted by atomic mass is 10.2. The summed E-state index contributed by atoms with van der Waals surface area (Å²) < 4.78 is 13.5. The molecule has 2 rings (SSSR count). The van der Waals surface area contributed by atoms with Crippen LogP contribution < -0.4 is 5.73 Å². The molecule has 0 aromatic heterocycles. The Morgan fingerprint density at radius 1 is 1.28 bits per heavy atom. The fraction of sp³-hybridized carbons (Fsp3) is 0.0909. The van der Waals surface area contributed by atoms with Gasteiger partial charge in [0, 0.05) is 26.4 Å². The van der Waals surface area contributed by atoms with Crippen molar-refractivity contribution >= 4 is 68.3 Å². The third kappa shape index (κ3) is 2.39. The Morgan fingerprint density at radius 2 is 1.83 bits per heavy atom. The molecule has 1 aromatic carbocycles. The van der Waals surface area contributed by atoms with E-state index in [2.05, 4.69) is 36.9 Å². The number of benzene rings is 1. The van der Waals surface area contributed by atoms with E-state index in [4.69, 9.17) is 17.3 Å². The maximum Gasteiger partial charge on any atom is 0.147 e. The Balaban J connectivity index is 2.70. The normalized spacial score (nSPS) is 24.2. The number of aliphatic imine (C=N–C) groups is 1. The van der Waals surface area contributed by atoms with Gasteiger partial charge in [0.25, 0.3) is 0 Å². The van der Waals surface area contributed by atoms with Gasteiger partial charge in [-0.1, -0.05) is 23.7 Å². The third-order valence-electron chi connectivity index (χ3n) is 2.42. The highest BCUT2D eigenvalue weighted by Crippen LogP contribution is 2.33. The number of hydrogen-bond acceptors (Lipinski definition) is 3. The molecule has 1 heterocycles. The zero-order valence-electron chi connectivity index (χ0n) is 9.28. The molecule has 0 saturated carbocycles. The van der Waals surface area contributed by atoms with Gasteiger partial charge in [-0.05, 0) is 44.0 Å². The second kappa shape index (κ2) is 5.00. The van der Waals surface area contributed by atoms with Gasteiger partial charge >= 0.3 is 0 Å². The lowest BCUT2D eigenvalue weighted by Crippen LogP contribution is -2.28. The van der Waals surface area contributed by atoms with E-state index in [1.165, 1.54) is 0 Å². The fourth-order valence-electron chi connectivity index (χ4n) is 1.46. The number of nitrogens with zero attached hydrogens (tertiary/aromatic N) is 1. The van der Waals surface area contributed by atoms with Crippen molar-refractivity contribution in [3.63, 3.8) is 0 Å². The van der Waals surface area contributed by atoms with E-state index in [1.54, 1.807) is 18.4 Å². The minimum absolute atomic E-state index is 0.232. The largest absolute Gasteiger partial charge is 0.382 e. The van der Waals surface area contributed by atoms with Gasteiger partial charge in [0.05, 0.1) is 5.70 Å². The Hall–Kier alpha value is -0.300. The van der Waals surface area contributed by atoms with Crippen LogP contribution in [0.25, 0.3) is 5.70 Å². The monoisotopic (exact) mass is 410 g/mol. The topological polar surface area (TPSA) is 55.5 Å². The van der Waals surface area contributed by atoms with Crippen LogP contribution in [0.4, 0.5) is 0 Å². The van der Waals surface area contributed by atoms with E-state index >= 15 is 0 Å². The average molecular weight is 413 g/mol. The van der Waals surface area contributed by atoms with E-state index < -0.39 is 9.52 Å². The molecule has 2 N–H and O–H groups in total. The first kappa shape index (κ1) is 14.1. The zero-order chi connectivity index (χ0) is 13.5. The van der Waals surface area contributed by atoms with Gasteiger partial charge in [-0.15, -0.1) is 0 Å². The highest BCUT2D eigenvalue weighted by atomic mass is 79.9. The molecule has 3 nitrogen and oxygen atoms in total. The van der Waals surface area contributed by atoms with Crippen molar-refractivity contribution in [2.24, 2.45) is 10.7 Å². The Labute approximate surface area is 127 Å². The van der Waals surface area contributed by atoms with E-state index in [1.807, 2.05) is 12.1 Å². The smallest absolute Gasteiger partial charge is 0.147 e. The van der Waals surface area contributed by atoms with Crippen molar-refractivity contribution < 1.29 is 4.21 Å². The van der Waals surface area contributed by atoms with Gasteiger partial charge in [0.1, 0.15) is 13.4 Å². The molecule has 18 heavy (non-hydrogen) atoms. The van der Waals surface area contributed by atoms with Crippen molar-refractivity contribution in [1.82, 2.24) is 0 Å². The standard InChI is InChI=1S/C11H9Br2ClN2OS/c1-18(17)9(12)8(16-11(15)10(18)13)6-2-4-7(14)5-3-6/h2-5H,1H3,(H2,15,16). The Morgan fingerprint density at radius 3 is 2.39 bits per heavy atom. The van der Waals surface area contributed by atoms with Crippen LogP contribution in [0.2, 0.25) is 5.02 Å². The predicted octanol–water partition coefficient (Wildman–Crippen LogP) is 3.17. The summed E-state index contributed by atoms with van der Waals surface area (Å²) in [5.74, 6) is 0.232. The third-order valence-corrected chi connectivity index (χ3v) is 8.93. The SMILES string of the molecule is CS1(=O)=C(Br)C(N)=NC(c2ccc(Cl)cc2)=C1Br. The number of amidine groups is 1. The molecule has 0 radical (unpaired) electrons. The first-order chi connectivity index (χ1) is 8.34. The van der Waals surface area contributed by atoms with Crippen LogP contribution in [0.5, 0.6) is 0 Å². The quantitative estimate of drug-likeness (QED) is 0.569. The highest BCUT2D eigenvalue weighted by Gasteiger charge is 2.24. The van der Waals surface area contributed by atoms with E-state index in [0.29, 0.717) is 18.3 Å². The van der Waals surface area contributed by atoms with Crippen LogP contribution in [0.15, 0.2) is 33.1 Å². The summed E-state index contributed by atoms with van der Waals surface area (Å²) in [7, 11) is -2.41. The summed E-state index contributed by atoms with van der Waals surface area (Å²) in [6.07, 6.45) is 1.61. The van der Waals surface area contributed by atoms with Crippen molar-refractivity contribution in [3.05, 3.63) is 38.7 Å². The van der Waals surface area contributed by atoms with Gasteiger partial charge in [-0.3, -0.25) is 4.21 Å². The molecule has 1 atom stereocenters. The molecular formula is C11H9Br2ClN2OS. The van der Waals surface area contributed by atoms with Gasteiger partial charge in [-0.25, -0.2) is 4.99 Å². The molecule has 0 saturated heterocycles. The summed E-state index contributed by atoms with van der Waals surface area (Å²) in [5, 5.41) is 0.633. The molecule has 1 aliphatic rings. The molecule has 0 fully saturated rings. The molecule has 1 aliphatic heterocycles. The second-order valence-corrected chi connectivity index (χ2v) is 9.32. The molecule has 1 aromatic rings. The summed E-state index contributed by atoms with van der Waals surface area (Å²) in [6.45, 7) is 0. The highest BCUT2D eigenvalue weighted by molar-refractivity contribution is 9.21. The zero-order valence-corrected chi connectivity index (χ0v) is 14.0. The van der Waals surface area contributed by atoms with Crippen LogP contribution in [0, 0.1) is 0 Å². The van der Waals surface area contributed by atoms with E-state index in [9.17, 15) is 4.21 Å². The fourth-order valence-corrected chi connectivity index (χ4v) is 4.75. The maximum atomic E-state index is 12.6. The molecular weight excluding hydrogens is 403 g/mol. The second-order valence-electron chi connectivity index (χ2n) is 3.74. The number of nitrogens with two attached hydrogens (primary N) is 1. The molecule has 7 heteroatoms. The van der Waals surface area contributed by atoms with Crippen LogP contribution in [0.1, 0.15) is 5.56 Å². The van der Waals surface area contributed by atoms with E-state index in [-0.39, 0.29) is 5.84 Å². The van der Waals surface area contributed by atoms with Gasteiger partial charge in [-0.2, -0.15) is 0 Å². The summed E-state index contributed by atoms with van der Waals surface area (Å²) >= 11 is 12.4. The van der Waals surface area contributed by atoms with E-state index in [0.717, 1.165) is 5.56 Å². The van der Waals surface area contributed by atoms with Crippen molar-refractivity contribution in [1.29, 1.82) is 0 Å². The molecule has 96 valence electrons. The number of hydrogen-bond donors (Lipinski definition) is 1. The molecule has 0 bridgehead atoms. The van der Waals surface area contributed by atoms with Crippen LogP contribution in [-0.4, -0.2) is 20.1 Å². The summed E-state index contributed by atoms with van der Waals surface area (Å²) in [5.41, 5.74) is 7.16. The minimum Gasteiger partial charge on any atom is -0.382 e. The molecule has 1 unspecified atom stereocenters. The van der Waals surface area contributed by atoms with Crippen molar-refractivity contribution in [2.75, 3.05) is 6.26 Å². The van der Waals surface area contributed by atoms with Crippen molar-refractivity contribution in [3.8, 4) is 0 Å². The lowest BCUT2D eigenvalue weighted by Gasteiger charge is -2.17.